The quantitative estimate of drug-likeness (QED) is 0.718. The first kappa shape index (κ1) is 16.4. The molecule has 1 aromatic rings. The maximum atomic E-state index is 11.6. The first-order chi connectivity index (χ1) is 9.56. The van der Waals surface area contributed by atoms with Gasteiger partial charge in [0.25, 0.3) is 0 Å². The van der Waals surface area contributed by atoms with E-state index >= 15 is 0 Å². The number of hydrogen-bond donors (Lipinski definition) is 2. The highest BCUT2D eigenvalue weighted by atomic mass is 32.1. The van der Waals surface area contributed by atoms with E-state index in [1.54, 1.807) is 17.4 Å². The average molecular weight is 296 g/mol. The Hall–Kier alpha value is -1.66. The van der Waals surface area contributed by atoms with Gasteiger partial charge < -0.3 is 10.4 Å². The van der Waals surface area contributed by atoms with Crippen LogP contribution in [-0.4, -0.2) is 41.5 Å². The largest absolute Gasteiger partial charge is 0.478 e. The minimum atomic E-state index is -0.961. The second-order valence-corrected chi connectivity index (χ2v) is 5.23. The van der Waals surface area contributed by atoms with Crippen LogP contribution in [0.5, 0.6) is 0 Å². The summed E-state index contributed by atoms with van der Waals surface area (Å²) in [5, 5.41) is 13.4. The number of amides is 1. The molecule has 1 rings (SSSR count). The van der Waals surface area contributed by atoms with Crippen LogP contribution in [0.15, 0.2) is 17.5 Å². The molecule has 1 amide bonds. The molecule has 0 fully saturated rings. The number of thiophene rings is 1. The second kappa shape index (κ2) is 8.50. The number of carboxylic acid groups (broad SMARTS) is 1. The predicted octanol–water partition coefficient (Wildman–Crippen LogP) is 1.80. The van der Waals surface area contributed by atoms with Crippen LogP contribution in [0.1, 0.15) is 24.3 Å². The fourth-order valence-electron chi connectivity index (χ4n) is 1.73. The second-order valence-electron chi connectivity index (χ2n) is 4.23. The fourth-order valence-corrected chi connectivity index (χ4v) is 2.64. The van der Waals surface area contributed by atoms with Crippen LogP contribution < -0.4 is 5.32 Å². The third-order valence-corrected chi connectivity index (χ3v) is 3.66. The number of nitrogens with zero attached hydrogens (tertiary/aromatic N) is 1. The molecule has 0 bridgehead atoms. The lowest BCUT2D eigenvalue weighted by Gasteiger charge is -2.19. The summed E-state index contributed by atoms with van der Waals surface area (Å²) in [6, 6.07) is 1.89. The standard InChI is InChI=1S/C14H20N2O3S/c1-3-15-13(17)10-16(4-2)9-12-11(7-8-20-12)5-6-14(18)19/h5-8H,3-4,9-10H2,1-2H3,(H,15,17)(H,18,19). The number of carbonyl (C=O) groups is 2. The minimum absolute atomic E-state index is 0.00790. The average Bonchev–Trinajstić information content (AvgIpc) is 2.83. The highest BCUT2D eigenvalue weighted by Crippen LogP contribution is 2.20. The summed E-state index contributed by atoms with van der Waals surface area (Å²) in [4.78, 5) is 25.2. The normalized spacial score (nSPS) is 11.2. The molecular weight excluding hydrogens is 276 g/mol. The van der Waals surface area contributed by atoms with E-state index in [9.17, 15) is 9.59 Å². The summed E-state index contributed by atoms with van der Waals surface area (Å²) < 4.78 is 0. The Morgan fingerprint density at radius 3 is 2.80 bits per heavy atom. The molecule has 0 spiro atoms. The molecule has 0 aliphatic heterocycles. The predicted molar refractivity (Wildman–Crippen MR) is 80.6 cm³/mol. The molecule has 0 atom stereocenters. The zero-order valence-corrected chi connectivity index (χ0v) is 12.6. The third kappa shape index (κ3) is 5.54. The van der Waals surface area contributed by atoms with E-state index in [1.807, 2.05) is 30.2 Å². The van der Waals surface area contributed by atoms with Crippen LogP contribution in [0.4, 0.5) is 0 Å². The Bertz CT molecular complexity index is 483. The van der Waals surface area contributed by atoms with Gasteiger partial charge in [0.05, 0.1) is 6.54 Å². The van der Waals surface area contributed by atoms with Gasteiger partial charge in [-0.15, -0.1) is 11.3 Å². The van der Waals surface area contributed by atoms with Crippen molar-refractivity contribution >= 4 is 29.3 Å². The van der Waals surface area contributed by atoms with Crippen molar-refractivity contribution in [1.82, 2.24) is 10.2 Å². The topological polar surface area (TPSA) is 69.6 Å². The first-order valence-electron chi connectivity index (χ1n) is 6.53. The zero-order chi connectivity index (χ0) is 15.0. The smallest absolute Gasteiger partial charge is 0.328 e. The van der Waals surface area contributed by atoms with E-state index in [1.165, 1.54) is 0 Å². The highest BCUT2D eigenvalue weighted by Gasteiger charge is 2.11. The molecule has 5 nitrogen and oxygen atoms in total. The van der Waals surface area contributed by atoms with Gasteiger partial charge in [0.15, 0.2) is 0 Å². The minimum Gasteiger partial charge on any atom is -0.478 e. The van der Waals surface area contributed by atoms with Crippen molar-refractivity contribution in [2.75, 3.05) is 19.6 Å². The van der Waals surface area contributed by atoms with Crippen molar-refractivity contribution in [3.05, 3.63) is 28.0 Å². The third-order valence-electron chi connectivity index (χ3n) is 2.74. The number of likely N-dealkylation sites (N-methyl/N-ethyl adjacent to an activating group) is 2. The first-order valence-corrected chi connectivity index (χ1v) is 7.41. The van der Waals surface area contributed by atoms with Gasteiger partial charge in [0, 0.05) is 24.0 Å². The fraction of sp³-hybridized carbons (Fsp3) is 0.429. The van der Waals surface area contributed by atoms with Crippen molar-refractivity contribution in [1.29, 1.82) is 0 Å². The summed E-state index contributed by atoms with van der Waals surface area (Å²) in [7, 11) is 0. The number of carbonyl (C=O) groups excluding carboxylic acids is 1. The molecule has 6 heteroatoms. The van der Waals surface area contributed by atoms with Gasteiger partial charge >= 0.3 is 5.97 Å². The van der Waals surface area contributed by atoms with Gasteiger partial charge in [-0.1, -0.05) is 6.92 Å². The molecule has 20 heavy (non-hydrogen) atoms. The zero-order valence-electron chi connectivity index (χ0n) is 11.8. The van der Waals surface area contributed by atoms with E-state index in [4.69, 9.17) is 5.11 Å². The summed E-state index contributed by atoms with van der Waals surface area (Å²) in [6.45, 7) is 6.27. The van der Waals surface area contributed by atoms with E-state index in [0.29, 0.717) is 19.6 Å². The number of carboxylic acids is 1. The molecular formula is C14H20N2O3S. The van der Waals surface area contributed by atoms with Crippen LogP contribution in [-0.2, 0) is 16.1 Å². The van der Waals surface area contributed by atoms with E-state index in [2.05, 4.69) is 5.32 Å². The molecule has 1 heterocycles. The summed E-state index contributed by atoms with van der Waals surface area (Å²) in [6.07, 6.45) is 2.72. The molecule has 2 N–H and O–H groups in total. The van der Waals surface area contributed by atoms with Gasteiger partial charge in [-0.3, -0.25) is 9.69 Å². The van der Waals surface area contributed by atoms with Crippen LogP contribution in [0, 0.1) is 0 Å². The number of rotatable bonds is 8. The lowest BCUT2D eigenvalue weighted by Crippen LogP contribution is -2.36. The van der Waals surface area contributed by atoms with Gasteiger partial charge in [0.1, 0.15) is 0 Å². The lowest BCUT2D eigenvalue weighted by molar-refractivity contribution is -0.131. The van der Waals surface area contributed by atoms with Crippen LogP contribution >= 0.6 is 11.3 Å². The van der Waals surface area contributed by atoms with Crippen LogP contribution in [0.2, 0.25) is 0 Å². The number of nitrogens with one attached hydrogen (secondary N) is 1. The number of hydrogen-bond acceptors (Lipinski definition) is 4. The molecule has 110 valence electrons. The Morgan fingerprint density at radius 2 is 2.20 bits per heavy atom. The van der Waals surface area contributed by atoms with Crippen molar-refractivity contribution in [3.8, 4) is 0 Å². The summed E-state index contributed by atoms with van der Waals surface area (Å²) in [5.74, 6) is -0.953. The molecule has 0 saturated heterocycles. The van der Waals surface area contributed by atoms with Crippen molar-refractivity contribution < 1.29 is 14.7 Å². The summed E-state index contributed by atoms with van der Waals surface area (Å²) in [5.41, 5.74) is 0.895. The molecule has 0 aliphatic carbocycles. The van der Waals surface area contributed by atoms with Gasteiger partial charge in [-0.25, -0.2) is 4.79 Å². The van der Waals surface area contributed by atoms with Gasteiger partial charge in [-0.05, 0) is 36.6 Å². The maximum absolute atomic E-state index is 11.6. The van der Waals surface area contributed by atoms with Gasteiger partial charge in [-0.2, -0.15) is 0 Å². The highest BCUT2D eigenvalue weighted by molar-refractivity contribution is 7.10. The Balaban J connectivity index is 2.68. The van der Waals surface area contributed by atoms with Gasteiger partial charge in [0.2, 0.25) is 5.91 Å². The van der Waals surface area contributed by atoms with Crippen molar-refractivity contribution in [2.45, 2.75) is 20.4 Å². The Kier molecular flexibility index (Phi) is 6.97. The number of aliphatic carboxylic acids is 1. The van der Waals surface area contributed by atoms with Crippen molar-refractivity contribution in [2.24, 2.45) is 0 Å². The lowest BCUT2D eigenvalue weighted by atomic mass is 10.2. The van der Waals surface area contributed by atoms with E-state index in [-0.39, 0.29) is 5.91 Å². The van der Waals surface area contributed by atoms with Crippen molar-refractivity contribution in [3.63, 3.8) is 0 Å². The molecule has 0 aliphatic rings. The van der Waals surface area contributed by atoms with Crippen LogP contribution in [0.3, 0.4) is 0 Å². The molecule has 0 saturated carbocycles. The molecule has 0 radical (unpaired) electrons. The Labute approximate surface area is 122 Å². The molecule has 1 aromatic heterocycles. The van der Waals surface area contributed by atoms with E-state index < -0.39 is 5.97 Å². The molecule has 0 aromatic carbocycles. The molecule has 0 unspecified atom stereocenters. The monoisotopic (exact) mass is 296 g/mol. The van der Waals surface area contributed by atoms with E-state index in [0.717, 1.165) is 23.1 Å². The summed E-state index contributed by atoms with van der Waals surface area (Å²) >= 11 is 1.57. The maximum Gasteiger partial charge on any atom is 0.328 e. The SMILES string of the molecule is CCNC(=O)CN(CC)Cc1sccc1C=CC(=O)O. The van der Waals surface area contributed by atoms with Crippen LogP contribution in [0.25, 0.3) is 6.08 Å². The Morgan fingerprint density at radius 1 is 1.45 bits per heavy atom.